The quantitative estimate of drug-likeness (QED) is 0.917. The molecule has 1 aliphatic heterocycles. The Morgan fingerprint density at radius 3 is 2.39 bits per heavy atom. The van der Waals surface area contributed by atoms with Crippen LogP contribution in [0.25, 0.3) is 0 Å². The van der Waals surface area contributed by atoms with Gasteiger partial charge in [0, 0.05) is 0 Å². The summed E-state index contributed by atoms with van der Waals surface area (Å²) in [5.41, 5.74) is 4.31. The highest BCUT2D eigenvalue weighted by atomic mass is 35.5. The fraction of sp³-hybridized carbons (Fsp3) is 0.278. The average Bonchev–Trinajstić information content (AvgIpc) is 2.94. The van der Waals surface area contributed by atoms with Gasteiger partial charge in [-0.1, -0.05) is 42.5 Å². The molecule has 2 aromatic carbocycles. The van der Waals surface area contributed by atoms with Crippen LogP contribution < -0.4 is 10.1 Å². The van der Waals surface area contributed by atoms with Gasteiger partial charge in [0.15, 0.2) is 0 Å². The lowest BCUT2D eigenvalue weighted by molar-refractivity contribution is 0.177. The van der Waals surface area contributed by atoms with Gasteiger partial charge in [-0.05, 0) is 36.1 Å². The molecule has 5 heteroatoms. The van der Waals surface area contributed by atoms with Crippen molar-refractivity contribution in [3.05, 3.63) is 64.7 Å². The number of hydrogen-bond donors (Lipinski definition) is 1. The third-order valence-electron chi connectivity index (χ3n) is 3.78. The van der Waals surface area contributed by atoms with Gasteiger partial charge in [0.05, 0.1) is 6.04 Å². The molecule has 1 amide bonds. The minimum absolute atomic E-state index is 0. The molecule has 4 nitrogen and oxygen atoms in total. The van der Waals surface area contributed by atoms with E-state index >= 15 is 0 Å². The van der Waals surface area contributed by atoms with Crippen molar-refractivity contribution in [2.75, 3.05) is 6.61 Å². The van der Waals surface area contributed by atoms with Crippen LogP contribution in [0.5, 0.6) is 5.75 Å². The Hall–Kier alpha value is -2.20. The number of carbonyl (C=O) groups excluding carboxylic acids is 1. The molecule has 1 aliphatic rings. The van der Waals surface area contributed by atoms with E-state index in [1.807, 2.05) is 56.3 Å². The SMILES string of the molecule is Cc1cc([C@H]2COC(=O)N2)cc(C)c1OCc1ccccc1.Cl. The first-order valence-electron chi connectivity index (χ1n) is 7.34. The Morgan fingerprint density at radius 2 is 1.83 bits per heavy atom. The van der Waals surface area contributed by atoms with E-state index < -0.39 is 0 Å². The molecule has 1 saturated heterocycles. The zero-order chi connectivity index (χ0) is 15.5. The van der Waals surface area contributed by atoms with Gasteiger partial charge in [0.2, 0.25) is 0 Å². The summed E-state index contributed by atoms with van der Waals surface area (Å²) in [5, 5.41) is 2.80. The van der Waals surface area contributed by atoms with Crippen molar-refractivity contribution in [1.29, 1.82) is 0 Å². The van der Waals surface area contributed by atoms with Crippen LogP contribution in [0.2, 0.25) is 0 Å². The van der Waals surface area contributed by atoms with Gasteiger partial charge < -0.3 is 14.8 Å². The van der Waals surface area contributed by atoms with E-state index in [4.69, 9.17) is 9.47 Å². The van der Waals surface area contributed by atoms with Gasteiger partial charge in [-0.2, -0.15) is 0 Å². The Bertz CT molecular complexity index is 665. The number of amides is 1. The largest absolute Gasteiger partial charge is 0.488 e. The fourth-order valence-electron chi connectivity index (χ4n) is 2.71. The summed E-state index contributed by atoms with van der Waals surface area (Å²) < 4.78 is 10.9. The minimum atomic E-state index is -0.357. The summed E-state index contributed by atoms with van der Waals surface area (Å²) >= 11 is 0. The lowest BCUT2D eigenvalue weighted by atomic mass is 10.0. The highest BCUT2D eigenvalue weighted by Gasteiger charge is 2.24. The molecule has 1 N–H and O–H groups in total. The fourth-order valence-corrected chi connectivity index (χ4v) is 2.71. The summed E-state index contributed by atoms with van der Waals surface area (Å²) in [6, 6.07) is 14.1. The number of alkyl carbamates (subject to hydrolysis) is 1. The molecule has 0 spiro atoms. The number of nitrogens with one attached hydrogen (secondary N) is 1. The number of halogens is 1. The molecule has 0 radical (unpaired) electrons. The van der Waals surface area contributed by atoms with E-state index in [0.29, 0.717) is 13.2 Å². The molecule has 0 unspecified atom stereocenters. The highest BCUT2D eigenvalue weighted by Crippen LogP contribution is 2.29. The number of aryl methyl sites for hydroxylation is 2. The van der Waals surface area contributed by atoms with Crippen LogP contribution in [0.4, 0.5) is 4.79 Å². The molecule has 3 rings (SSSR count). The molecular weight excluding hydrogens is 314 g/mol. The van der Waals surface area contributed by atoms with E-state index in [2.05, 4.69) is 5.32 Å². The van der Waals surface area contributed by atoms with E-state index in [-0.39, 0.29) is 24.5 Å². The zero-order valence-electron chi connectivity index (χ0n) is 13.2. The second-order valence-electron chi connectivity index (χ2n) is 5.55. The second kappa shape index (κ2) is 7.38. The topological polar surface area (TPSA) is 47.6 Å². The molecule has 1 fully saturated rings. The number of ether oxygens (including phenoxy) is 2. The minimum Gasteiger partial charge on any atom is -0.488 e. The molecule has 2 aromatic rings. The van der Waals surface area contributed by atoms with Crippen LogP contribution in [0, 0.1) is 13.8 Å². The van der Waals surface area contributed by atoms with Crippen LogP contribution in [-0.4, -0.2) is 12.7 Å². The molecule has 1 heterocycles. The summed E-state index contributed by atoms with van der Waals surface area (Å²) in [6.07, 6.45) is -0.357. The van der Waals surface area contributed by atoms with Crippen molar-refractivity contribution in [1.82, 2.24) is 5.32 Å². The van der Waals surface area contributed by atoms with Crippen molar-refractivity contribution < 1.29 is 14.3 Å². The van der Waals surface area contributed by atoms with Gasteiger partial charge in [-0.25, -0.2) is 4.79 Å². The van der Waals surface area contributed by atoms with Crippen molar-refractivity contribution >= 4 is 18.5 Å². The molecule has 0 aliphatic carbocycles. The average molecular weight is 334 g/mol. The summed E-state index contributed by atoms with van der Waals surface area (Å²) in [6.45, 7) is 4.97. The Kier molecular flexibility index (Phi) is 5.50. The molecule has 0 saturated carbocycles. The van der Waals surface area contributed by atoms with E-state index in [0.717, 1.165) is 28.0 Å². The summed E-state index contributed by atoms with van der Waals surface area (Å²) in [7, 11) is 0. The maximum Gasteiger partial charge on any atom is 0.407 e. The predicted octanol–water partition coefficient (Wildman–Crippen LogP) is 4.09. The van der Waals surface area contributed by atoms with Crippen molar-refractivity contribution in [2.24, 2.45) is 0 Å². The Morgan fingerprint density at radius 1 is 1.17 bits per heavy atom. The van der Waals surface area contributed by atoms with Crippen LogP contribution >= 0.6 is 12.4 Å². The maximum atomic E-state index is 11.2. The normalized spacial score (nSPS) is 16.3. The third kappa shape index (κ3) is 3.96. The highest BCUT2D eigenvalue weighted by molar-refractivity contribution is 5.85. The van der Waals surface area contributed by atoms with E-state index in [1.54, 1.807) is 0 Å². The van der Waals surface area contributed by atoms with E-state index in [1.165, 1.54) is 0 Å². The van der Waals surface area contributed by atoms with E-state index in [9.17, 15) is 4.79 Å². The zero-order valence-corrected chi connectivity index (χ0v) is 14.0. The first kappa shape index (κ1) is 17.2. The number of hydrogen-bond acceptors (Lipinski definition) is 3. The Balaban J connectivity index is 0.00000192. The van der Waals surface area contributed by atoms with Gasteiger partial charge in [-0.3, -0.25) is 0 Å². The van der Waals surface area contributed by atoms with Crippen LogP contribution in [0.3, 0.4) is 0 Å². The number of benzene rings is 2. The number of cyclic esters (lactones) is 1. The number of carbonyl (C=O) groups is 1. The molecule has 23 heavy (non-hydrogen) atoms. The first-order valence-corrected chi connectivity index (χ1v) is 7.34. The molecule has 0 bridgehead atoms. The smallest absolute Gasteiger partial charge is 0.407 e. The van der Waals surface area contributed by atoms with Crippen LogP contribution in [0.1, 0.15) is 28.3 Å². The molecular formula is C18H20ClNO3. The van der Waals surface area contributed by atoms with Gasteiger partial charge >= 0.3 is 6.09 Å². The molecule has 0 aromatic heterocycles. The Labute approximate surface area is 142 Å². The monoisotopic (exact) mass is 333 g/mol. The summed E-state index contributed by atoms with van der Waals surface area (Å²) in [4.78, 5) is 11.2. The van der Waals surface area contributed by atoms with Crippen molar-refractivity contribution in [3.63, 3.8) is 0 Å². The number of rotatable bonds is 4. The van der Waals surface area contributed by atoms with Crippen molar-refractivity contribution in [3.8, 4) is 5.75 Å². The first-order chi connectivity index (χ1) is 10.6. The molecule has 1 atom stereocenters. The second-order valence-corrected chi connectivity index (χ2v) is 5.55. The lowest BCUT2D eigenvalue weighted by Gasteiger charge is -2.16. The van der Waals surface area contributed by atoms with Gasteiger partial charge in [0.25, 0.3) is 0 Å². The third-order valence-corrected chi connectivity index (χ3v) is 3.78. The van der Waals surface area contributed by atoms with Crippen LogP contribution in [0.15, 0.2) is 42.5 Å². The maximum absolute atomic E-state index is 11.2. The standard InChI is InChI=1S/C18H19NO3.ClH/c1-12-8-15(16-11-22-18(20)19-16)9-13(2)17(12)21-10-14-6-4-3-5-7-14;/h3-9,16H,10-11H2,1-2H3,(H,19,20);1H/t16-;/m1./s1. The summed E-state index contributed by atoms with van der Waals surface area (Å²) in [5.74, 6) is 0.901. The lowest BCUT2D eigenvalue weighted by Crippen LogP contribution is -2.18. The van der Waals surface area contributed by atoms with Crippen LogP contribution in [-0.2, 0) is 11.3 Å². The molecule has 122 valence electrons. The predicted molar refractivity (Wildman–Crippen MR) is 91.2 cm³/mol. The van der Waals surface area contributed by atoms with Gasteiger partial charge in [-0.15, -0.1) is 12.4 Å². The van der Waals surface area contributed by atoms with Crippen molar-refractivity contribution in [2.45, 2.75) is 26.5 Å². The van der Waals surface area contributed by atoms with Gasteiger partial charge in [0.1, 0.15) is 19.0 Å².